The first kappa shape index (κ1) is 19.2. The minimum atomic E-state index is -0.510. The summed E-state index contributed by atoms with van der Waals surface area (Å²) in [4.78, 5) is 36.9. The molecule has 1 saturated heterocycles. The molecule has 146 valence electrons. The summed E-state index contributed by atoms with van der Waals surface area (Å²) in [5.74, 6) is -0.419. The number of non-ortho nitro benzene ring substituents is 1. The maximum atomic E-state index is 12.8. The smallest absolute Gasteiger partial charge is 0.318 e. The Hall–Kier alpha value is -3.62. The van der Waals surface area contributed by atoms with Gasteiger partial charge in [0.25, 0.3) is 11.6 Å². The van der Waals surface area contributed by atoms with Gasteiger partial charge in [0.15, 0.2) is 0 Å². The molecule has 2 aromatic carbocycles. The number of hydrogen-bond acceptors (Lipinski definition) is 5. The van der Waals surface area contributed by atoms with E-state index in [2.05, 4.69) is 20.9 Å². The number of carbonyl (C=O) groups excluding carboxylic acids is 2. The van der Waals surface area contributed by atoms with Gasteiger partial charge in [-0.15, -0.1) is 0 Å². The lowest BCUT2D eigenvalue weighted by Gasteiger charge is -2.21. The van der Waals surface area contributed by atoms with Crippen molar-refractivity contribution in [2.45, 2.75) is 12.8 Å². The van der Waals surface area contributed by atoms with Crippen LogP contribution in [-0.2, 0) is 0 Å². The monoisotopic (exact) mass is 383 g/mol. The van der Waals surface area contributed by atoms with Crippen LogP contribution in [0.4, 0.5) is 27.5 Å². The van der Waals surface area contributed by atoms with Gasteiger partial charge in [0.2, 0.25) is 0 Å². The first-order valence-corrected chi connectivity index (χ1v) is 8.91. The zero-order chi connectivity index (χ0) is 20.1. The molecule has 3 amide bonds. The van der Waals surface area contributed by atoms with Gasteiger partial charge in [-0.2, -0.15) is 0 Å². The maximum Gasteiger partial charge on any atom is 0.318 e. The first-order chi connectivity index (χ1) is 13.5. The molecule has 28 heavy (non-hydrogen) atoms. The topological polar surface area (TPSA) is 117 Å². The summed E-state index contributed by atoms with van der Waals surface area (Å²) in [6.07, 6.45) is 2.05. The van der Waals surface area contributed by atoms with E-state index in [4.69, 9.17) is 0 Å². The lowest BCUT2D eigenvalue weighted by molar-refractivity contribution is -0.384. The third-order valence-corrected chi connectivity index (χ3v) is 4.51. The molecule has 0 spiro atoms. The molecule has 0 atom stereocenters. The number of nitro benzene ring substituents is 1. The fourth-order valence-corrected chi connectivity index (χ4v) is 3.08. The van der Waals surface area contributed by atoms with E-state index in [0.717, 1.165) is 25.9 Å². The second-order valence-corrected chi connectivity index (χ2v) is 6.39. The van der Waals surface area contributed by atoms with Crippen LogP contribution in [0.1, 0.15) is 23.2 Å². The van der Waals surface area contributed by atoms with E-state index in [1.54, 1.807) is 30.3 Å². The van der Waals surface area contributed by atoms with Crippen molar-refractivity contribution in [1.82, 2.24) is 5.32 Å². The van der Waals surface area contributed by atoms with Gasteiger partial charge in [-0.3, -0.25) is 14.9 Å². The number of amides is 3. The van der Waals surface area contributed by atoms with Gasteiger partial charge in [0.1, 0.15) is 0 Å². The Balaban J connectivity index is 1.81. The highest BCUT2D eigenvalue weighted by atomic mass is 16.6. The van der Waals surface area contributed by atoms with Gasteiger partial charge in [-0.1, -0.05) is 0 Å². The summed E-state index contributed by atoms with van der Waals surface area (Å²) < 4.78 is 0. The lowest BCUT2D eigenvalue weighted by atomic mass is 10.1. The normalized spacial score (nSPS) is 13.1. The Bertz CT molecular complexity index is 892. The van der Waals surface area contributed by atoms with Crippen LogP contribution in [-0.4, -0.2) is 37.0 Å². The van der Waals surface area contributed by atoms with Crippen molar-refractivity contribution in [3.05, 3.63) is 58.1 Å². The van der Waals surface area contributed by atoms with Crippen LogP contribution in [0.5, 0.6) is 0 Å². The number of nitrogens with zero attached hydrogens (tertiary/aromatic N) is 2. The fraction of sp³-hybridized carbons (Fsp3) is 0.263. The third kappa shape index (κ3) is 4.37. The second kappa shape index (κ2) is 8.38. The molecule has 0 bridgehead atoms. The standard InChI is InChI=1S/C19H21N5O4/c1-20-19(26)22-14-6-4-13(5-7-14)21-18(25)16-12-15(24(27)28)8-9-17(16)23-10-2-3-11-23/h4-9,12H,2-3,10-11H2,1H3,(H,21,25)(H2,20,22,26). The Kier molecular flexibility index (Phi) is 5.73. The van der Waals surface area contributed by atoms with E-state index in [1.165, 1.54) is 19.2 Å². The van der Waals surface area contributed by atoms with Crippen molar-refractivity contribution < 1.29 is 14.5 Å². The second-order valence-electron chi connectivity index (χ2n) is 6.39. The summed E-state index contributed by atoms with van der Waals surface area (Å²) in [5.41, 5.74) is 1.93. The number of urea groups is 1. The van der Waals surface area contributed by atoms with Gasteiger partial charge >= 0.3 is 6.03 Å². The molecule has 2 aromatic rings. The van der Waals surface area contributed by atoms with E-state index in [-0.39, 0.29) is 17.3 Å². The van der Waals surface area contributed by atoms with Gasteiger partial charge < -0.3 is 20.9 Å². The van der Waals surface area contributed by atoms with Gasteiger partial charge in [0.05, 0.1) is 16.2 Å². The number of nitro groups is 1. The van der Waals surface area contributed by atoms with E-state index >= 15 is 0 Å². The maximum absolute atomic E-state index is 12.8. The van der Waals surface area contributed by atoms with Crippen LogP contribution in [0.3, 0.4) is 0 Å². The molecule has 3 rings (SSSR count). The minimum absolute atomic E-state index is 0.127. The molecule has 1 heterocycles. The Morgan fingerprint density at radius 1 is 1.00 bits per heavy atom. The quantitative estimate of drug-likeness (QED) is 0.541. The van der Waals surface area contributed by atoms with Crippen LogP contribution in [0.25, 0.3) is 0 Å². The molecule has 0 aliphatic carbocycles. The van der Waals surface area contributed by atoms with Crippen LogP contribution >= 0.6 is 0 Å². The summed E-state index contributed by atoms with van der Waals surface area (Å²) >= 11 is 0. The van der Waals surface area contributed by atoms with Crippen molar-refractivity contribution in [2.24, 2.45) is 0 Å². The third-order valence-electron chi connectivity index (χ3n) is 4.51. The summed E-state index contributed by atoms with van der Waals surface area (Å²) in [6.45, 7) is 1.63. The molecular formula is C19H21N5O4. The fourth-order valence-electron chi connectivity index (χ4n) is 3.08. The van der Waals surface area contributed by atoms with Crippen LogP contribution in [0.2, 0.25) is 0 Å². The summed E-state index contributed by atoms with van der Waals surface area (Å²) in [5, 5.41) is 19.0. The van der Waals surface area contributed by atoms with Crippen molar-refractivity contribution in [3.63, 3.8) is 0 Å². The summed E-state index contributed by atoms with van der Waals surface area (Å²) in [6, 6.07) is 10.6. The molecule has 3 N–H and O–H groups in total. The van der Waals surface area contributed by atoms with Crippen LogP contribution in [0.15, 0.2) is 42.5 Å². The largest absolute Gasteiger partial charge is 0.371 e. The Labute approximate surface area is 161 Å². The van der Waals surface area contributed by atoms with Crippen LogP contribution in [0, 0.1) is 10.1 Å². The van der Waals surface area contributed by atoms with Crippen molar-refractivity contribution in [2.75, 3.05) is 35.7 Å². The highest BCUT2D eigenvalue weighted by Gasteiger charge is 2.22. The van der Waals surface area contributed by atoms with Crippen molar-refractivity contribution >= 4 is 34.7 Å². The number of rotatable bonds is 5. The van der Waals surface area contributed by atoms with E-state index < -0.39 is 10.8 Å². The number of nitrogens with one attached hydrogen (secondary N) is 3. The number of hydrogen-bond donors (Lipinski definition) is 3. The molecule has 1 aliphatic rings. The highest BCUT2D eigenvalue weighted by Crippen LogP contribution is 2.29. The van der Waals surface area contributed by atoms with Gasteiger partial charge in [-0.25, -0.2) is 4.79 Å². The molecule has 9 nitrogen and oxygen atoms in total. The molecule has 0 aromatic heterocycles. The lowest BCUT2D eigenvalue weighted by Crippen LogP contribution is -2.24. The first-order valence-electron chi connectivity index (χ1n) is 8.91. The Morgan fingerprint density at radius 2 is 1.61 bits per heavy atom. The average molecular weight is 383 g/mol. The molecular weight excluding hydrogens is 362 g/mol. The number of benzene rings is 2. The molecule has 1 aliphatic heterocycles. The van der Waals surface area contributed by atoms with E-state index in [1.807, 2.05) is 0 Å². The van der Waals surface area contributed by atoms with Gasteiger partial charge in [-0.05, 0) is 43.2 Å². The number of carbonyl (C=O) groups is 2. The Morgan fingerprint density at radius 3 is 2.18 bits per heavy atom. The van der Waals surface area contributed by atoms with Crippen molar-refractivity contribution in [1.29, 1.82) is 0 Å². The number of anilines is 3. The molecule has 9 heteroatoms. The SMILES string of the molecule is CNC(=O)Nc1ccc(NC(=O)c2cc([N+](=O)[O-])ccc2N2CCCC2)cc1. The van der Waals surface area contributed by atoms with E-state index in [9.17, 15) is 19.7 Å². The molecule has 0 unspecified atom stereocenters. The van der Waals surface area contributed by atoms with Crippen LogP contribution < -0.4 is 20.9 Å². The van der Waals surface area contributed by atoms with Gasteiger partial charge in [0, 0.05) is 43.6 Å². The minimum Gasteiger partial charge on any atom is -0.371 e. The molecule has 0 saturated carbocycles. The van der Waals surface area contributed by atoms with Crippen molar-refractivity contribution in [3.8, 4) is 0 Å². The highest BCUT2D eigenvalue weighted by molar-refractivity contribution is 6.08. The molecule has 0 radical (unpaired) electrons. The summed E-state index contributed by atoms with van der Waals surface area (Å²) in [7, 11) is 1.51. The molecule has 1 fully saturated rings. The zero-order valence-corrected chi connectivity index (χ0v) is 15.4. The predicted molar refractivity (Wildman–Crippen MR) is 107 cm³/mol. The predicted octanol–water partition coefficient (Wildman–Crippen LogP) is 3.20. The van der Waals surface area contributed by atoms with E-state index in [0.29, 0.717) is 17.1 Å². The zero-order valence-electron chi connectivity index (χ0n) is 15.4. The average Bonchev–Trinajstić information content (AvgIpc) is 3.23.